The van der Waals surface area contributed by atoms with Crippen molar-refractivity contribution in [3.63, 3.8) is 0 Å². The smallest absolute Gasteiger partial charge is 0.246 e. The fourth-order valence-electron chi connectivity index (χ4n) is 3.37. The van der Waals surface area contributed by atoms with Gasteiger partial charge in [-0.15, -0.1) is 0 Å². The summed E-state index contributed by atoms with van der Waals surface area (Å²) in [5.74, 6) is 0.0201. The highest BCUT2D eigenvalue weighted by molar-refractivity contribution is 6.01. The molecule has 0 spiro atoms. The Hall–Kier alpha value is -3.21. The third kappa shape index (κ3) is 4.14. The number of piperazine rings is 1. The molecule has 27 heavy (non-hydrogen) atoms. The number of carbonyl (C=O) groups excluding carboxylic acids is 2. The molecule has 1 aliphatic heterocycles. The molecule has 1 heterocycles. The van der Waals surface area contributed by atoms with Crippen LogP contribution in [-0.2, 0) is 16.0 Å². The highest BCUT2D eigenvalue weighted by Gasteiger charge is 2.23. The Bertz CT molecular complexity index is 909. The Morgan fingerprint density at radius 1 is 1.00 bits per heavy atom. The first-order valence-electron chi connectivity index (χ1n) is 9.01. The molecular weight excluding hydrogens is 338 g/mol. The average molecular weight is 361 g/mol. The molecule has 138 valence electrons. The van der Waals surface area contributed by atoms with Crippen LogP contribution in [0.1, 0.15) is 11.1 Å². The Kier molecular flexibility index (Phi) is 5.81. The van der Waals surface area contributed by atoms with E-state index in [1.165, 1.54) is 12.3 Å². The van der Waals surface area contributed by atoms with Gasteiger partial charge in [0, 0.05) is 38.5 Å². The Morgan fingerprint density at radius 3 is 2.33 bits per heavy atom. The second-order valence-corrected chi connectivity index (χ2v) is 6.48. The third-order valence-electron chi connectivity index (χ3n) is 4.86. The van der Waals surface area contributed by atoms with Crippen molar-refractivity contribution in [3.05, 3.63) is 72.3 Å². The molecule has 1 saturated heterocycles. The standard InChI is InChI=1S/C22H23N3O2/c1-2-3-8-21(26)24-11-13-25(14-12-24)22(27)15-17-9-10-18(16-23)20-7-5-4-6-19(17)20/h2-10,16,23H,1,11-15H2/b8-3+,23-16?. The van der Waals surface area contributed by atoms with Gasteiger partial charge in [-0.3, -0.25) is 9.59 Å². The second kappa shape index (κ2) is 8.45. The van der Waals surface area contributed by atoms with E-state index < -0.39 is 0 Å². The van der Waals surface area contributed by atoms with Crippen LogP contribution in [0.5, 0.6) is 0 Å². The Labute approximate surface area is 159 Å². The highest BCUT2D eigenvalue weighted by atomic mass is 16.2. The Morgan fingerprint density at radius 2 is 1.67 bits per heavy atom. The number of rotatable bonds is 5. The first kappa shape index (κ1) is 18.6. The van der Waals surface area contributed by atoms with Crippen molar-refractivity contribution >= 4 is 28.8 Å². The molecule has 2 aromatic rings. The van der Waals surface area contributed by atoms with Crippen molar-refractivity contribution in [1.82, 2.24) is 9.80 Å². The molecule has 5 nitrogen and oxygen atoms in total. The number of benzene rings is 2. The van der Waals surface area contributed by atoms with E-state index in [4.69, 9.17) is 5.41 Å². The van der Waals surface area contributed by atoms with Gasteiger partial charge in [-0.05, 0) is 21.9 Å². The van der Waals surface area contributed by atoms with Crippen molar-refractivity contribution in [2.75, 3.05) is 26.2 Å². The lowest BCUT2D eigenvalue weighted by atomic mass is 9.98. The quantitative estimate of drug-likeness (QED) is 0.506. The average Bonchev–Trinajstić information content (AvgIpc) is 2.72. The Balaban J connectivity index is 1.68. The van der Waals surface area contributed by atoms with Crippen molar-refractivity contribution < 1.29 is 9.59 Å². The van der Waals surface area contributed by atoms with E-state index >= 15 is 0 Å². The maximum atomic E-state index is 12.8. The molecule has 0 unspecified atom stereocenters. The molecule has 1 N–H and O–H groups in total. The monoisotopic (exact) mass is 361 g/mol. The SMILES string of the molecule is C=C/C=C/C(=O)N1CCN(C(=O)Cc2ccc(C=N)c3ccccc23)CC1. The molecule has 5 heteroatoms. The van der Waals surface area contributed by atoms with E-state index in [-0.39, 0.29) is 11.8 Å². The van der Waals surface area contributed by atoms with Gasteiger partial charge >= 0.3 is 0 Å². The van der Waals surface area contributed by atoms with Crippen LogP contribution in [0.15, 0.2) is 61.2 Å². The summed E-state index contributed by atoms with van der Waals surface area (Å²) in [6.45, 7) is 5.73. The minimum Gasteiger partial charge on any atom is -0.339 e. The van der Waals surface area contributed by atoms with Crippen LogP contribution >= 0.6 is 0 Å². The van der Waals surface area contributed by atoms with Crippen LogP contribution in [0.4, 0.5) is 0 Å². The molecule has 3 rings (SSSR count). The fraction of sp³-hybridized carbons (Fsp3) is 0.227. The summed E-state index contributed by atoms with van der Waals surface area (Å²) >= 11 is 0. The summed E-state index contributed by atoms with van der Waals surface area (Å²) in [7, 11) is 0. The number of nitrogens with zero attached hydrogens (tertiary/aromatic N) is 2. The van der Waals surface area contributed by atoms with E-state index in [9.17, 15) is 9.59 Å². The van der Waals surface area contributed by atoms with Crippen molar-refractivity contribution in [2.24, 2.45) is 0 Å². The summed E-state index contributed by atoms with van der Waals surface area (Å²) in [4.78, 5) is 28.3. The number of carbonyl (C=O) groups is 2. The third-order valence-corrected chi connectivity index (χ3v) is 4.86. The van der Waals surface area contributed by atoms with Crippen LogP contribution in [0.3, 0.4) is 0 Å². The zero-order valence-electron chi connectivity index (χ0n) is 15.2. The molecule has 0 radical (unpaired) electrons. The number of allylic oxidation sites excluding steroid dienone is 2. The zero-order chi connectivity index (χ0) is 19.2. The summed E-state index contributed by atoms with van der Waals surface area (Å²) in [6.07, 6.45) is 6.37. The van der Waals surface area contributed by atoms with Crippen LogP contribution in [0.2, 0.25) is 0 Å². The number of hydrogen-bond acceptors (Lipinski definition) is 3. The van der Waals surface area contributed by atoms with Crippen LogP contribution in [0.25, 0.3) is 10.8 Å². The molecule has 1 fully saturated rings. The number of fused-ring (bicyclic) bond motifs is 1. The molecule has 0 aliphatic carbocycles. The summed E-state index contributed by atoms with van der Waals surface area (Å²) in [5.41, 5.74) is 1.81. The molecular formula is C22H23N3O2. The minimum absolute atomic E-state index is 0.0461. The first-order valence-corrected chi connectivity index (χ1v) is 9.01. The lowest BCUT2D eigenvalue weighted by Crippen LogP contribution is -2.50. The van der Waals surface area contributed by atoms with Gasteiger partial charge in [0.2, 0.25) is 11.8 Å². The van der Waals surface area contributed by atoms with Gasteiger partial charge in [0.05, 0.1) is 6.42 Å². The van der Waals surface area contributed by atoms with Gasteiger partial charge in [0.15, 0.2) is 0 Å². The number of nitrogens with one attached hydrogen (secondary N) is 1. The van der Waals surface area contributed by atoms with Gasteiger partial charge in [0.1, 0.15) is 0 Å². The van der Waals surface area contributed by atoms with E-state index in [0.717, 1.165) is 21.9 Å². The summed E-state index contributed by atoms with van der Waals surface area (Å²) in [5, 5.41) is 9.55. The van der Waals surface area contributed by atoms with Crippen molar-refractivity contribution in [2.45, 2.75) is 6.42 Å². The van der Waals surface area contributed by atoms with Crippen LogP contribution < -0.4 is 0 Å². The molecule has 0 atom stereocenters. The molecule has 0 saturated carbocycles. The maximum absolute atomic E-state index is 12.8. The molecule has 0 aromatic heterocycles. The molecule has 2 aromatic carbocycles. The van der Waals surface area contributed by atoms with Gasteiger partial charge < -0.3 is 15.2 Å². The van der Waals surface area contributed by atoms with E-state index in [0.29, 0.717) is 32.6 Å². The normalized spacial score (nSPS) is 14.5. The van der Waals surface area contributed by atoms with Gasteiger partial charge in [-0.1, -0.05) is 55.1 Å². The predicted octanol–water partition coefficient (Wildman–Crippen LogP) is 2.79. The maximum Gasteiger partial charge on any atom is 0.246 e. The topological polar surface area (TPSA) is 64.5 Å². The summed E-state index contributed by atoms with van der Waals surface area (Å²) < 4.78 is 0. The zero-order valence-corrected chi connectivity index (χ0v) is 15.2. The lowest BCUT2D eigenvalue weighted by Gasteiger charge is -2.34. The van der Waals surface area contributed by atoms with Crippen LogP contribution in [-0.4, -0.2) is 54.0 Å². The van der Waals surface area contributed by atoms with E-state index in [1.807, 2.05) is 41.3 Å². The van der Waals surface area contributed by atoms with Crippen molar-refractivity contribution in [1.29, 1.82) is 5.41 Å². The second-order valence-electron chi connectivity index (χ2n) is 6.48. The summed E-state index contributed by atoms with van der Waals surface area (Å²) in [6, 6.07) is 11.7. The highest BCUT2D eigenvalue weighted by Crippen LogP contribution is 2.23. The number of hydrogen-bond donors (Lipinski definition) is 1. The number of amides is 2. The van der Waals surface area contributed by atoms with E-state index in [1.54, 1.807) is 17.1 Å². The first-order chi connectivity index (χ1) is 13.1. The fourth-order valence-corrected chi connectivity index (χ4v) is 3.37. The lowest BCUT2D eigenvalue weighted by molar-refractivity contribution is -0.136. The minimum atomic E-state index is -0.0461. The van der Waals surface area contributed by atoms with E-state index in [2.05, 4.69) is 6.58 Å². The van der Waals surface area contributed by atoms with Crippen LogP contribution in [0, 0.1) is 5.41 Å². The molecule has 2 amide bonds. The van der Waals surface area contributed by atoms with Gasteiger partial charge in [0.25, 0.3) is 0 Å². The van der Waals surface area contributed by atoms with Gasteiger partial charge in [-0.2, -0.15) is 0 Å². The molecule has 0 bridgehead atoms. The molecule has 1 aliphatic rings. The van der Waals surface area contributed by atoms with Gasteiger partial charge in [-0.25, -0.2) is 0 Å². The predicted molar refractivity (Wildman–Crippen MR) is 108 cm³/mol. The largest absolute Gasteiger partial charge is 0.339 e. The van der Waals surface area contributed by atoms with Crippen molar-refractivity contribution in [3.8, 4) is 0 Å².